The van der Waals surface area contributed by atoms with Gasteiger partial charge in [0, 0.05) is 12.0 Å². The molecule has 0 aromatic heterocycles. The van der Waals surface area contributed by atoms with Gasteiger partial charge in [0.15, 0.2) is 0 Å². The molecule has 1 fully saturated rings. The Morgan fingerprint density at radius 3 is 2.62 bits per heavy atom. The quantitative estimate of drug-likeness (QED) is 0.626. The molecular weight excluding hydrogens is 206 g/mol. The molecule has 1 saturated heterocycles. The van der Waals surface area contributed by atoms with Crippen molar-refractivity contribution in [3.8, 4) is 0 Å². The minimum atomic E-state index is -0.314. The molecule has 0 atom stereocenters. The van der Waals surface area contributed by atoms with Crippen LogP contribution >= 0.6 is 24.4 Å². The highest BCUT2D eigenvalue weighted by Crippen LogP contribution is 2.33. The van der Waals surface area contributed by atoms with Crippen LogP contribution in [0.3, 0.4) is 0 Å². The van der Waals surface area contributed by atoms with Gasteiger partial charge in [-0.3, -0.25) is 4.79 Å². The largest absolute Gasteiger partial charge is 0.396 e. The van der Waals surface area contributed by atoms with Gasteiger partial charge in [0.1, 0.15) is 0 Å². The van der Waals surface area contributed by atoms with Gasteiger partial charge in [0.05, 0.1) is 6.61 Å². The maximum Gasteiger partial charge on any atom is 0.275 e. The first-order chi connectivity index (χ1) is 6.18. The summed E-state index contributed by atoms with van der Waals surface area (Å²) in [4.78, 5) is 10.6. The SMILES string of the molecule is O=C(S)NCC1(CO)CCSCC1. The highest BCUT2D eigenvalue weighted by atomic mass is 32.2. The third-order valence-corrected chi connectivity index (χ3v) is 3.65. The maximum atomic E-state index is 10.6. The van der Waals surface area contributed by atoms with Crippen molar-refractivity contribution in [3.05, 3.63) is 0 Å². The van der Waals surface area contributed by atoms with E-state index in [-0.39, 0.29) is 17.3 Å². The van der Waals surface area contributed by atoms with Crippen molar-refractivity contribution in [2.24, 2.45) is 5.41 Å². The molecule has 13 heavy (non-hydrogen) atoms. The van der Waals surface area contributed by atoms with Gasteiger partial charge in [-0.05, 0) is 24.3 Å². The molecule has 1 heterocycles. The van der Waals surface area contributed by atoms with Crippen molar-refractivity contribution >= 4 is 29.6 Å². The van der Waals surface area contributed by atoms with Crippen LogP contribution in [0.2, 0.25) is 0 Å². The highest BCUT2D eigenvalue weighted by Gasteiger charge is 2.31. The maximum absolute atomic E-state index is 10.6. The molecule has 0 aliphatic carbocycles. The summed E-state index contributed by atoms with van der Waals surface area (Å²) >= 11 is 5.54. The van der Waals surface area contributed by atoms with E-state index >= 15 is 0 Å². The average Bonchev–Trinajstić information content (AvgIpc) is 2.16. The van der Waals surface area contributed by atoms with Gasteiger partial charge in [-0.25, -0.2) is 0 Å². The highest BCUT2D eigenvalue weighted by molar-refractivity contribution is 7.99. The molecule has 0 bridgehead atoms. The molecule has 3 nitrogen and oxygen atoms in total. The molecule has 0 saturated carbocycles. The molecule has 0 unspecified atom stereocenters. The number of amides is 1. The smallest absolute Gasteiger partial charge is 0.275 e. The zero-order valence-electron chi connectivity index (χ0n) is 7.45. The van der Waals surface area contributed by atoms with Gasteiger partial charge in [0.2, 0.25) is 0 Å². The van der Waals surface area contributed by atoms with Crippen LogP contribution in [0.5, 0.6) is 0 Å². The lowest BCUT2D eigenvalue weighted by molar-refractivity contribution is 0.116. The van der Waals surface area contributed by atoms with Gasteiger partial charge < -0.3 is 10.4 Å². The van der Waals surface area contributed by atoms with Gasteiger partial charge in [-0.2, -0.15) is 11.8 Å². The normalized spacial score (nSPS) is 21.1. The third kappa shape index (κ3) is 3.40. The van der Waals surface area contributed by atoms with Crippen LogP contribution < -0.4 is 5.32 Å². The average molecular weight is 221 g/mol. The second kappa shape index (κ2) is 5.12. The van der Waals surface area contributed by atoms with E-state index in [1.54, 1.807) is 0 Å². The number of thiol groups is 1. The van der Waals surface area contributed by atoms with Crippen molar-refractivity contribution in [3.63, 3.8) is 0 Å². The summed E-state index contributed by atoms with van der Waals surface area (Å²) in [6.45, 7) is 0.702. The Bertz CT molecular complexity index is 181. The lowest BCUT2D eigenvalue weighted by Gasteiger charge is -2.35. The van der Waals surface area contributed by atoms with Gasteiger partial charge in [-0.15, -0.1) is 0 Å². The van der Waals surface area contributed by atoms with Crippen LogP contribution in [-0.2, 0) is 0 Å². The minimum Gasteiger partial charge on any atom is -0.396 e. The third-order valence-electron chi connectivity index (χ3n) is 2.50. The fourth-order valence-electron chi connectivity index (χ4n) is 1.46. The van der Waals surface area contributed by atoms with Crippen molar-refractivity contribution in [2.45, 2.75) is 12.8 Å². The van der Waals surface area contributed by atoms with E-state index in [0.717, 1.165) is 24.3 Å². The summed E-state index contributed by atoms with van der Waals surface area (Å²) in [7, 11) is 0. The lowest BCUT2D eigenvalue weighted by Crippen LogP contribution is -2.41. The zero-order chi connectivity index (χ0) is 9.73. The van der Waals surface area contributed by atoms with Crippen LogP contribution in [0.1, 0.15) is 12.8 Å². The number of nitrogens with one attached hydrogen (secondary N) is 1. The Morgan fingerprint density at radius 1 is 1.54 bits per heavy atom. The Balaban J connectivity index is 2.42. The van der Waals surface area contributed by atoms with Gasteiger partial charge in [0.25, 0.3) is 5.24 Å². The van der Waals surface area contributed by atoms with Crippen LogP contribution in [0, 0.1) is 5.41 Å². The molecule has 1 aliphatic heterocycles. The fourth-order valence-corrected chi connectivity index (χ4v) is 2.90. The van der Waals surface area contributed by atoms with Crippen molar-refractivity contribution in [1.29, 1.82) is 0 Å². The first-order valence-electron chi connectivity index (χ1n) is 4.34. The summed E-state index contributed by atoms with van der Waals surface area (Å²) in [5, 5.41) is 11.6. The first-order valence-corrected chi connectivity index (χ1v) is 5.94. The summed E-state index contributed by atoms with van der Waals surface area (Å²) in [6.07, 6.45) is 1.95. The van der Waals surface area contributed by atoms with E-state index in [1.807, 2.05) is 11.8 Å². The Kier molecular flexibility index (Phi) is 4.41. The summed E-state index contributed by atoms with van der Waals surface area (Å²) in [5.41, 5.74) is -0.0936. The number of aliphatic hydroxyl groups is 1. The monoisotopic (exact) mass is 221 g/mol. The number of rotatable bonds is 3. The van der Waals surface area contributed by atoms with E-state index in [1.165, 1.54) is 0 Å². The molecule has 0 aromatic carbocycles. The Morgan fingerprint density at radius 2 is 2.15 bits per heavy atom. The standard InChI is InChI=1S/C8H15NO2S2/c10-6-8(5-9-7(11)12)1-3-13-4-2-8/h10H,1-6H2,(H2,9,11,12). The predicted octanol–water partition coefficient (Wildman–Crippen LogP) is 1.13. The second-order valence-corrected chi connectivity index (χ2v) is 5.06. The molecule has 0 spiro atoms. The summed E-state index contributed by atoms with van der Waals surface area (Å²) in [5.74, 6) is 2.14. The molecule has 76 valence electrons. The van der Waals surface area contributed by atoms with Crippen molar-refractivity contribution in [2.75, 3.05) is 24.7 Å². The molecule has 5 heteroatoms. The van der Waals surface area contributed by atoms with Crippen LogP contribution in [-0.4, -0.2) is 35.0 Å². The van der Waals surface area contributed by atoms with Crippen LogP contribution in [0.15, 0.2) is 0 Å². The summed E-state index contributed by atoms with van der Waals surface area (Å²) in [6, 6.07) is 0. The number of thioether (sulfide) groups is 1. The molecule has 1 rings (SSSR count). The lowest BCUT2D eigenvalue weighted by atomic mass is 9.83. The first kappa shape index (κ1) is 11.2. The second-order valence-electron chi connectivity index (χ2n) is 3.43. The molecule has 0 aromatic rings. The number of carbonyl (C=O) groups is 1. The van der Waals surface area contributed by atoms with E-state index < -0.39 is 0 Å². The molecule has 1 amide bonds. The zero-order valence-corrected chi connectivity index (χ0v) is 9.16. The fraction of sp³-hybridized carbons (Fsp3) is 0.875. The predicted molar refractivity (Wildman–Crippen MR) is 58.5 cm³/mol. The summed E-state index contributed by atoms with van der Waals surface area (Å²) < 4.78 is 0. The Hall–Kier alpha value is 0.130. The number of aliphatic hydroxyl groups excluding tert-OH is 1. The molecule has 2 N–H and O–H groups in total. The van der Waals surface area contributed by atoms with E-state index in [0.29, 0.717) is 6.54 Å². The molecule has 0 radical (unpaired) electrons. The van der Waals surface area contributed by atoms with Crippen molar-refractivity contribution in [1.82, 2.24) is 5.32 Å². The Labute approximate surface area is 88.1 Å². The van der Waals surface area contributed by atoms with E-state index in [2.05, 4.69) is 17.9 Å². The van der Waals surface area contributed by atoms with Crippen molar-refractivity contribution < 1.29 is 9.90 Å². The van der Waals surface area contributed by atoms with Gasteiger partial charge in [-0.1, -0.05) is 12.6 Å². The minimum absolute atomic E-state index is 0.0936. The van der Waals surface area contributed by atoms with E-state index in [4.69, 9.17) is 0 Å². The topological polar surface area (TPSA) is 49.3 Å². The number of hydrogen-bond donors (Lipinski definition) is 3. The molecular formula is C8H15NO2S2. The number of hydrogen-bond acceptors (Lipinski definition) is 3. The van der Waals surface area contributed by atoms with E-state index in [9.17, 15) is 9.90 Å². The number of carbonyl (C=O) groups excluding carboxylic acids is 1. The van der Waals surface area contributed by atoms with Gasteiger partial charge >= 0.3 is 0 Å². The van der Waals surface area contributed by atoms with Crippen LogP contribution in [0.4, 0.5) is 4.79 Å². The molecule has 1 aliphatic rings. The van der Waals surface area contributed by atoms with Crippen LogP contribution in [0.25, 0.3) is 0 Å².